The number of alkyl halides is 3. The van der Waals surface area contributed by atoms with Crippen LogP contribution in [-0.2, 0) is 9.53 Å². The van der Waals surface area contributed by atoms with Crippen LogP contribution in [0.5, 0.6) is 5.75 Å². The highest BCUT2D eigenvalue weighted by atomic mass is 19.4. The van der Waals surface area contributed by atoms with Crippen molar-refractivity contribution in [3.63, 3.8) is 0 Å². The van der Waals surface area contributed by atoms with Crippen molar-refractivity contribution in [2.75, 3.05) is 6.61 Å². The molecule has 0 saturated carbocycles. The smallest absolute Gasteiger partial charge is 0.462 e. The number of allylic oxidation sites excluding steroid dienone is 3. The summed E-state index contributed by atoms with van der Waals surface area (Å²) in [6.07, 6.45) is 0.836. The van der Waals surface area contributed by atoms with Gasteiger partial charge in [0.2, 0.25) is 0 Å². The summed E-state index contributed by atoms with van der Waals surface area (Å²) in [5.74, 6) is -2.82. The van der Waals surface area contributed by atoms with E-state index in [4.69, 9.17) is 4.74 Å². The van der Waals surface area contributed by atoms with Crippen molar-refractivity contribution in [1.29, 1.82) is 0 Å². The number of nitro groups is 1. The van der Waals surface area contributed by atoms with Crippen molar-refractivity contribution in [3.8, 4) is 5.75 Å². The molecule has 0 fully saturated rings. The normalized spacial score (nSPS) is 16.5. The van der Waals surface area contributed by atoms with Gasteiger partial charge in [-0.15, -0.1) is 13.2 Å². The molecule has 1 N–H and O–H groups in total. The van der Waals surface area contributed by atoms with Gasteiger partial charge in [0.25, 0.3) is 5.70 Å². The van der Waals surface area contributed by atoms with Crippen LogP contribution in [-0.4, -0.2) is 23.9 Å². The Morgan fingerprint density at radius 3 is 2.36 bits per heavy atom. The third kappa shape index (κ3) is 7.23. The number of carbonyl (C=O) groups excluding carboxylic acids is 1. The first-order valence-electron chi connectivity index (χ1n) is 10.9. The molecule has 33 heavy (non-hydrogen) atoms. The Hall–Kier alpha value is -3.04. The van der Waals surface area contributed by atoms with Crippen LogP contribution < -0.4 is 10.1 Å². The van der Waals surface area contributed by atoms with Crippen LogP contribution in [0.15, 0.2) is 46.9 Å². The molecule has 0 spiro atoms. The van der Waals surface area contributed by atoms with Crippen molar-refractivity contribution in [2.45, 2.75) is 71.6 Å². The number of hydrogen-bond donors (Lipinski definition) is 1. The molecule has 1 atom stereocenters. The molecule has 10 heteroatoms. The van der Waals surface area contributed by atoms with Crippen LogP contribution in [0.1, 0.15) is 70.8 Å². The number of carbonyl (C=O) groups is 1. The Balaban J connectivity index is 2.35. The Morgan fingerprint density at radius 2 is 1.73 bits per heavy atom. The lowest BCUT2D eigenvalue weighted by molar-refractivity contribution is -0.431. The second-order valence-corrected chi connectivity index (χ2v) is 7.85. The summed E-state index contributed by atoms with van der Waals surface area (Å²) in [4.78, 5) is 24.1. The van der Waals surface area contributed by atoms with Gasteiger partial charge in [0.15, 0.2) is 0 Å². The predicted molar refractivity (Wildman–Crippen MR) is 116 cm³/mol. The average molecular weight is 470 g/mol. The lowest BCUT2D eigenvalue weighted by Crippen LogP contribution is -2.32. The van der Waals surface area contributed by atoms with E-state index < -0.39 is 34.6 Å². The van der Waals surface area contributed by atoms with Crippen LogP contribution in [0.25, 0.3) is 0 Å². The summed E-state index contributed by atoms with van der Waals surface area (Å²) in [6, 6.07) is 5.09. The zero-order valence-electron chi connectivity index (χ0n) is 19.0. The van der Waals surface area contributed by atoms with Gasteiger partial charge in [-0.3, -0.25) is 10.1 Å². The van der Waals surface area contributed by atoms with Crippen LogP contribution in [0, 0.1) is 10.1 Å². The van der Waals surface area contributed by atoms with Crippen LogP contribution >= 0.6 is 0 Å². The van der Waals surface area contributed by atoms with Crippen molar-refractivity contribution in [3.05, 3.63) is 62.6 Å². The zero-order chi connectivity index (χ0) is 24.6. The van der Waals surface area contributed by atoms with E-state index in [0.717, 1.165) is 38.2 Å². The van der Waals surface area contributed by atoms with E-state index in [2.05, 4.69) is 17.0 Å². The Morgan fingerprint density at radius 1 is 1.09 bits per heavy atom. The fraction of sp³-hybridized carbons (Fsp3) is 0.522. The van der Waals surface area contributed by atoms with Gasteiger partial charge in [0, 0.05) is 11.3 Å². The molecule has 0 bridgehead atoms. The highest BCUT2D eigenvalue weighted by molar-refractivity contribution is 5.92. The molecule has 1 aromatic carbocycles. The fourth-order valence-electron chi connectivity index (χ4n) is 3.86. The maximum absolute atomic E-state index is 13.0. The highest BCUT2D eigenvalue weighted by Gasteiger charge is 2.43. The number of nitrogens with one attached hydrogen (secondary N) is 1. The molecule has 2 rings (SSSR count). The van der Waals surface area contributed by atoms with E-state index in [1.54, 1.807) is 0 Å². The van der Waals surface area contributed by atoms with Crippen LogP contribution in [0.3, 0.4) is 0 Å². The standard InChI is InChI=1S/C23H29F3N2O5/c1-4-5-6-7-8-11-14-32-22(29)19-15(2)27-16(3)21(28(30)31)20(19)17-12-9-10-13-18(17)33-23(24,25)26/h9-10,12-13,20,27H,4-8,11,14H2,1-3H3. The first kappa shape index (κ1) is 26.2. The highest BCUT2D eigenvalue weighted by Crippen LogP contribution is 2.43. The maximum atomic E-state index is 13.0. The number of unbranched alkanes of at least 4 members (excludes halogenated alkanes) is 5. The molecule has 1 aliphatic rings. The lowest BCUT2D eigenvalue weighted by atomic mass is 9.83. The van der Waals surface area contributed by atoms with Gasteiger partial charge in [-0.25, -0.2) is 4.79 Å². The Kier molecular flexibility index (Phi) is 9.31. The van der Waals surface area contributed by atoms with Crippen LogP contribution in [0.4, 0.5) is 13.2 Å². The molecular formula is C23H29F3N2O5. The molecule has 7 nitrogen and oxygen atoms in total. The molecule has 1 unspecified atom stereocenters. The molecule has 0 aliphatic carbocycles. The van der Waals surface area contributed by atoms with Gasteiger partial charge in [0.1, 0.15) is 11.7 Å². The Bertz CT molecular complexity index is 925. The first-order chi connectivity index (χ1) is 15.6. The van der Waals surface area contributed by atoms with Crippen molar-refractivity contribution < 1.29 is 32.4 Å². The molecule has 1 aromatic rings. The topological polar surface area (TPSA) is 90.7 Å². The SMILES string of the molecule is CCCCCCCCOC(=O)C1=C(C)NC(C)=C([N+](=O)[O-])C1c1ccccc1OC(F)(F)F. The third-order valence-electron chi connectivity index (χ3n) is 5.33. The average Bonchev–Trinajstić information content (AvgIpc) is 2.71. The predicted octanol–water partition coefficient (Wildman–Crippen LogP) is 5.96. The summed E-state index contributed by atoms with van der Waals surface area (Å²) in [5, 5.41) is 14.7. The van der Waals surface area contributed by atoms with Gasteiger partial charge >= 0.3 is 12.3 Å². The first-order valence-corrected chi connectivity index (χ1v) is 10.9. The van der Waals surface area contributed by atoms with Crippen molar-refractivity contribution >= 4 is 5.97 Å². The second kappa shape index (κ2) is 11.7. The quantitative estimate of drug-likeness (QED) is 0.186. The molecular weight excluding hydrogens is 441 g/mol. The van der Waals surface area contributed by atoms with Crippen molar-refractivity contribution in [2.24, 2.45) is 0 Å². The van der Waals surface area contributed by atoms with Crippen LogP contribution in [0.2, 0.25) is 0 Å². The van der Waals surface area contributed by atoms with E-state index in [1.807, 2.05) is 0 Å². The minimum absolute atomic E-state index is 0.114. The molecule has 1 aliphatic heterocycles. The number of esters is 1. The molecule has 182 valence electrons. The lowest BCUT2D eigenvalue weighted by Gasteiger charge is -2.27. The summed E-state index contributed by atoms with van der Waals surface area (Å²) in [5.41, 5.74) is -0.301. The minimum Gasteiger partial charge on any atom is -0.462 e. The molecule has 0 amide bonds. The number of halogens is 3. The zero-order valence-corrected chi connectivity index (χ0v) is 19.0. The second-order valence-electron chi connectivity index (χ2n) is 7.85. The number of hydrogen-bond acceptors (Lipinski definition) is 6. The van der Waals surface area contributed by atoms with E-state index in [-0.39, 0.29) is 29.1 Å². The van der Waals surface area contributed by atoms with E-state index in [9.17, 15) is 28.1 Å². The summed E-state index contributed by atoms with van der Waals surface area (Å²) in [7, 11) is 0. The van der Waals surface area contributed by atoms with Gasteiger partial charge in [0.05, 0.1) is 22.8 Å². The summed E-state index contributed by atoms with van der Waals surface area (Å²) in [6.45, 7) is 5.19. The molecule has 1 heterocycles. The number of para-hydroxylation sites is 1. The number of dihydropyridines is 1. The monoisotopic (exact) mass is 470 g/mol. The number of benzene rings is 1. The summed E-state index contributed by atoms with van der Waals surface area (Å²) >= 11 is 0. The largest absolute Gasteiger partial charge is 0.573 e. The maximum Gasteiger partial charge on any atom is 0.573 e. The van der Waals surface area contributed by atoms with E-state index >= 15 is 0 Å². The molecule has 0 aromatic heterocycles. The van der Waals surface area contributed by atoms with Gasteiger partial charge in [-0.1, -0.05) is 57.2 Å². The number of ether oxygens (including phenoxy) is 2. The van der Waals surface area contributed by atoms with Crippen molar-refractivity contribution in [1.82, 2.24) is 5.32 Å². The summed E-state index contributed by atoms with van der Waals surface area (Å²) < 4.78 is 48.4. The molecule has 0 radical (unpaired) electrons. The number of nitrogens with zero attached hydrogens (tertiary/aromatic N) is 1. The van der Waals surface area contributed by atoms with E-state index in [1.165, 1.54) is 32.0 Å². The Labute approximate surface area is 190 Å². The molecule has 0 saturated heterocycles. The van der Waals surface area contributed by atoms with E-state index in [0.29, 0.717) is 6.42 Å². The van der Waals surface area contributed by atoms with Gasteiger partial charge in [-0.05, 0) is 26.3 Å². The van der Waals surface area contributed by atoms with Gasteiger partial charge < -0.3 is 14.8 Å². The van der Waals surface area contributed by atoms with Gasteiger partial charge in [-0.2, -0.15) is 0 Å². The fourth-order valence-corrected chi connectivity index (χ4v) is 3.86. The third-order valence-corrected chi connectivity index (χ3v) is 5.33. The minimum atomic E-state index is -5.01. The number of rotatable bonds is 11.